The molecule has 1 amide bonds. The van der Waals surface area contributed by atoms with Crippen molar-refractivity contribution in [1.29, 1.82) is 0 Å². The number of carbonyl (C=O) groups is 2. The van der Waals surface area contributed by atoms with Crippen LogP contribution in [0.25, 0.3) is 0 Å². The highest BCUT2D eigenvalue weighted by Crippen LogP contribution is 2.31. The average molecular weight is 441 g/mol. The number of carboxylic acid groups (broad SMARTS) is 1. The van der Waals surface area contributed by atoms with Crippen molar-refractivity contribution in [1.82, 2.24) is 14.9 Å². The standard InChI is InChI=1S/C25H36N4O3/c1-18-9-11-22(12-10-18)29-16-21(28-17-29)15-20(25(31)32)8-5-13-27-24(30)23(26)14-19-6-3-2-4-7-19/h2-4,6-7,16-18,20,22-23H,5,8-15,26H2,1H3,(H,27,30)(H,31,32)/t18?,20?,22?,23-/m0/s1. The maximum absolute atomic E-state index is 12.2. The number of carboxylic acids is 1. The quantitative estimate of drug-likeness (QED) is 0.464. The molecule has 0 radical (unpaired) electrons. The molecule has 2 aromatic rings. The van der Waals surface area contributed by atoms with Crippen LogP contribution < -0.4 is 11.1 Å². The summed E-state index contributed by atoms with van der Waals surface area (Å²) in [6.45, 7) is 2.71. The largest absolute Gasteiger partial charge is 0.481 e. The molecule has 1 saturated carbocycles. The highest BCUT2D eigenvalue weighted by Gasteiger charge is 2.22. The number of nitrogens with zero attached hydrogens (tertiary/aromatic N) is 2. The van der Waals surface area contributed by atoms with Crippen LogP contribution in [0, 0.1) is 11.8 Å². The molecule has 1 fully saturated rings. The highest BCUT2D eigenvalue weighted by molar-refractivity contribution is 5.81. The monoisotopic (exact) mass is 440 g/mol. The maximum Gasteiger partial charge on any atom is 0.306 e. The summed E-state index contributed by atoms with van der Waals surface area (Å²) < 4.78 is 2.16. The van der Waals surface area contributed by atoms with E-state index in [9.17, 15) is 14.7 Å². The SMILES string of the molecule is CC1CCC(n2cnc(CC(CCCNC(=O)[C@@H](N)Cc3ccccc3)C(=O)O)c2)CC1. The zero-order valence-corrected chi connectivity index (χ0v) is 19.0. The van der Waals surface area contributed by atoms with Crippen LogP contribution in [-0.4, -0.2) is 39.1 Å². The second-order valence-corrected chi connectivity index (χ2v) is 9.19. The van der Waals surface area contributed by atoms with E-state index in [-0.39, 0.29) is 5.91 Å². The minimum absolute atomic E-state index is 0.207. The molecule has 32 heavy (non-hydrogen) atoms. The fourth-order valence-electron chi connectivity index (χ4n) is 4.44. The molecule has 2 atom stereocenters. The van der Waals surface area contributed by atoms with Crippen molar-refractivity contribution < 1.29 is 14.7 Å². The lowest BCUT2D eigenvalue weighted by Gasteiger charge is -2.26. The fourth-order valence-corrected chi connectivity index (χ4v) is 4.44. The number of hydrogen-bond donors (Lipinski definition) is 3. The van der Waals surface area contributed by atoms with Crippen molar-refractivity contribution in [2.24, 2.45) is 17.6 Å². The Kier molecular flexibility index (Phi) is 8.85. The number of rotatable bonds is 11. The number of hydrogen-bond acceptors (Lipinski definition) is 4. The number of benzene rings is 1. The third-order valence-electron chi connectivity index (χ3n) is 6.53. The fraction of sp³-hybridized carbons (Fsp3) is 0.560. The molecular formula is C25H36N4O3. The molecule has 3 rings (SSSR count). The maximum atomic E-state index is 12.2. The van der Waals surface area contributed by atoms with Crippen LogP contribution in [0.15, 0.2) is 42.9 Å². The van der Waals surface area contributed by atoms with Gasteiger partial charge in [0, 0.05) is 25.2 Å². The summed E-state index contributed by atoms with van der Waals surface area (Å²) in [7, 11) is 0. The number of aromatic nitrogens is 2. The van der Waals surface area contributed by atoms with E-state index >= 15 is 0 Å². The van der Waals surface area contributed by atoms with Gasteiger partial charge in [-0.2, -0.15) is 0 Å². The molecule has 1 aromatic heterocycles. The van der Waals surface area contributed by atoms with Gasteiger partial charge in [-0.3, -0.25) is 9.59 Å². The molecule has 174 valence electrons. The van der Waals surface area contributed by atoms with Crippen LogP contribution in [0.3, 0.4) is 0 Å². The van der Waals surface area contributed by atoms with E-state index in [0.29, 0.717) is 38.3 Å². The zero-order valence-electron chi connectivity index (χ0n) is 19.0. The van der Waals surface area contributed by atoms with Crippen molar-refractivity contribution in [3.8, 4) is 0 Å². The summed E-state index contributed by atoms with van der Waals surface area (Å²) in [5.74, 6) is -0.752. The minimum atomic E-state index is -0.821. The topological polar surface area (TPSA) is 110 Å². The highest BCUT2D eigenvalue weighted by atomic mass is 16.4. The van der Waals surface area contributed by atoms with Crippen molar-refractivity contribution in [3.63, 3.8) is 0 Å². The Hall–Kier alpha value is -2.67. The molecule has 1 aromatic carbocycles. The Labute approximate surface area is 190 Å². The van der Waals surface area contributed by atoms with E-state index in [4.69, 9.17) is 5.73 Å². The first-order chi connectivity index (χ1) is 15.4. The van der Waals surface area contributed by atoms with Gasteiger partial charge in [0.25, 0.3) is 0 Å². The lowest BCUT2D eigenvalue weighted by atomic mass is 9.87. The predicted octanol–water partition coefficient (Wildman–Crippen LogP) is 3.34. The molecule has 1 aliphatic carbocycles. The van der Waals surface area contributed by atoms with Crippen LogP contribution >= 0.6 is 0 Å². The van der Waals surface area contributed by atoms with Gasteiger partial charge in [-0.05, 0) is 56.4 Å². The normalized spacial score (nSPS) is 20.4. The predicted molar refractivity (Wildman–Crippen MR) is 124 cm³/mol. The van der Waals surface area contributed by atoms with Crippen molar-refractivity contribution >= 4 is 11.9 Å². The summed E-state index contributed by atoms with van der Waals surface area (Å²) in [4.78, 5) is 28.4. The van der Waals surface area contributed by atoms with Crippen LogP contribution in [-0.2, 0) is 22.4 Å². The second-order valence-electron chi connectivity index (χ2n) is 9.19. The summed E-state index contributed by atoms with van der Waals surface area (Å²) in [6.07, 6.45) is 10.6. The molecule has 0 spiro atoms. The van der Waals surface area contributed by atoms with Crippen LogP contribution in [0.2, 0.25) is 0 Å². The van der Waals surface area contributed by atoms with Crippen molar-refractivity contribution in [2.75, 3.05) is 6.54 Å². The second kappa shape index (κ2) is 11.8. The van der Waals surface area contributed by atoms with Gasteiger partial charge in [-0.1, -0.05) is 37.3 Å². The third kappa shape index (κ3) is 7.19. The van der Waals surface area contributed by atoms with Gasteiger partial charge in [0.05, 0.1) is 24.0 Å². The third-order valence-corrected chi connectivity index (χ3v) is 6.53. The number of imidazole rings is 1. The van der Waals surface area contributed by atoms with E-state index in [1.54, 1.807) is 0 Å². The van der Waals surface area contributed by atoms with Gasteiger partial charge in [-0.25, -0.2) is 4.98 Å². The minimum Gasteiger partial charge on any atom is -0.481 e. The van der Waals surface area contributed by atoms with Crippen molar-refractivity contribution in [3.05, 3.63) is 54.1 Å². The lowest BCUT2D eigenvalue weighted by molar-refractivity contribution is -0.142. The Morgan fingerprint density at radius 3 is 2.59 bits per heavy atom. The number of nitrogens with two attached hydrogens (primary N) is 1. The first kappa shape index (κ1) is 24.0. The summed E-state index contributed by atoms with van der Waals surface area (Å²) in [5.41, 5.74) is 7.84. The van der Waals surface area contributed by atoms with Crippen LogP contribution in [0.5, 0.6) is 0 Å². The van der Waals surface area contributed by atoms with Crippen LogP contribution in [0.1, 0.15) is 62.7 Å². The van der Waals surface area contributed by atoms with E-state index < -0.39 is 17.9 Å². The number of carbonyl (C=O) groups excluding carboxylic acids is 1. The Morgan fingerprint density at radius 1 is 1.19 bits per heavy atom. The van der Waals surface area contributed by atoms with Gasteiger partial charge >= 0.3 is 5.97 Å². The number of nitrogens with one attached hydrogen (secondary N) is 1. The molecule has 1 aliphatic rings. The Balaban J connectivity index is 1.41. The van der Waals surface area contributed by atoms with Crippen molar-refractivity contribution in [2.45, 2.75) is 70.4 Å². The van der Waals surface area contributed by atoms with Gasteiger partial charge in [0.2, 0.25) is 5.91 Å². The van der Waals surface area contributed by atoms with Crippen LogP contribution in [0.4, 0.5) is 0 Å². The van der Waals surface area contributed by atoms with Gasteiger partial charge in [0.1, 0.15) is 0 Å². The van der Waals surface area contributed by atoms with Gasteiger partial charge < -0.3 is 20.7 Å². The molecule has 1 heterocycles. The lowest BCUT2D eigenvalue weighted by Crippen LogP contribution is -2.42. The number of aliphatic carboxylic acids is 1. The zero-order chi connectivity index (χ0) is 22.9. The van der Waals surface area contributed by atoms with E-state index in [2.05, 4.69) is 21.8 Å². The van der Waals surface area contributed by atoms with Gasteiger partial charge in [-0.15, -0.1) is 0 Å². The molecular weight excluding hydrogens is 404 g/mol. The molecule has 0 saturated heterocycles. The van der Waals surface area contributed by atoms with Gasteiger partial charge in [0.15, 0.2) is 0 Å². The van der Waals surface area contributed by atoms with E-state index in [1.807, 2.05) is 42.9 Å². The van der Waals surface area contributed by atoms with E-state index in [0.717, 1.165) is 30.0 Å². The molecule has 0 aliphatic heterocycles. The molecule has 0 bridgehead atoms. The average Bonchev–Trinajstić information content (AvgIpc) is 3.25. The molecule has 4 N–H and O–H groups in total. The molecule has 7 heteroatoms. The smallest absolute Gasteiger partial charge is 0.306 e. The van der Waals surface area contributed by atoms with E-state index in [1.165, 1.54) is 12.8 Å². The first-order valence-corrected chi connectivity index (χ1v) is 11.7. The summed E-state index contributed by atoms with van der Waals surface area (Å²) in [5, 5.41) is 12.5. The molecule has 7 nitrogen and oxygen atoms in total. The summed E-state index contributed by atoms with van der Waals surface area (Å²) in [6, 6.07) is 9.52. The first-order valence-electron chi connectivity index (χ1n) is 11.7. The molecule has 1 unspecified atom stereocenters. The number of amides is 1. The Bertz CT molecular complexity index is 859. The Morgan fingerprint density at radius 2 is 1.91 bits per heavy atom. The summed E-state index contributed by atoms with van der Waals surface area (Å²) >= 11 is 0.